The molecule has 0 unspecified atom stereocenters. The number of carbonyl (C=O) groups is 1. The Morgan fingerprint density at radius 3 is 2.47 bits per heavy atom. The Balaban J connectivity index is 1.60. The van der Waals surface area contributed by atoms with Crippen molar-refractivity contribution in [1.29, 1.82) is 0 Å². The summed E-state index contributed by atoms with van der Waals surface area (Å²) in [7, 11) is -2.29. The van der Waals surface area contributed by atoms with Gasteiger partial charge in [-0.15, -0.1) is 0 Å². The Morgan fingerprint density at radius 2 is 1.77 bits per heavy atom. The first-order valence-corrected chi connectivity index (χ1v) is 11.5. The first-order valence-electron chi connectivity index (χ1n) is 9.52. The third-order valence-corrected chi connectivity index (χ3v) is 7.47. The van der Waals surface area contributed by atoms with Crippen molar-refractivity contribution in [2.75, 3.05) is 19.0 Å². The van der Waals surface area contributed by atoms with E-state index in [9.17, 15) is 13.2 Å². The van der Waals surface area contributed by atoms with Crippen LogP contribution >= 0.6 is 12.6 Å². The number of nitrogens with one attached hydrogen (secondary N) is 1. The van der Waals surface area contributed by atoms with Crippen LogP contribution in [0.5, 0.6) is 5.75 Å². The maximum atomic E-state index is 13.4. The fraction of sp³-hybridized carbons (Fsp3) is 0.227. The number of hydrogen-bond donors (Lipinski definition) is 2. The van der Waals surface area contributed by atoms with Gasteiger partial charge in [0, 0.05) is 17.5 Å². The second-order valence-electron chi connectivity index (χ2n) is 7.21. The quantitative estimate of drug-likeness (QED) is 0.593. The molecule has 0 radical (unpaired) electrons. The molecule has 1 aliphatic rings. The molecule has 2 atom stereocenters. The lowest BCUT2D eigenvalue weighted by Crippen LogP contribution is -2.43. The van der Waals surface area contributed by atoms with E-state index in [0.29, 0.717) is 17.9 Å². The third-order valence-electron chi connectivity index (χ3n) is 5.22. The molecule has 8 heteroatoms. The Bertz CT molecular complexity index is 1180. The van der Waals surface area contributed by atoms with E-state index in [2.05, 4.69) is 17.9 Å². The molecular formula is C22H22N2O4S2. The first kappa shape index (κ1) is 20.7. The van der Waals surface area contributed by atoms with E-state index in [1.165, 1.54) is 4.31 Å². The molecule has 156 valence electrons. The van der Waals surface area contributed by atoms with Gasteiger partial charge in [0.1, 0.15) is 11.8 Å². The summed E-state index contributed by atoms with van der Waals surface area (Å²) in [5, 5.41) is 4.38. The average Bonchev–Trinajstić information content (AvgIpc) is 3.16. The van der Waals surface area contributed by atoms with Crippen molar-refractivity contribution in [2.24, 2.45) is 0 Å². The van der Waals surface area contributed by atoms with Gasteiger partial charge in [-0.25, -0.2) is 8.42 Å². The minimum Gasteiger partial charge on any atom is -0.497 e. The lowest BCUT2D eigenvalue weighted by molar-refractivity contribution is -0.119. The van der Waals surface area contributed by atoms with Gasteiger partial charge < -0.3 is 10.1 Å². The molecule has 1 saturated heterocycles. The number of fused-ring (bicyclic) bond motifs is 1. The molecule has 3 aromatic rings. The number of anilines is 1. The fourth-order valence-corrected chi connectivity index (χ4v) is 5.82. The van der Waals surface area contributed by atoms with E-state index in [1.54, 1.807) is 49.6 Å². The maximum absolute atomic E-state index is 13.4. The minimum absolute atomic E-state index is 0.172. The molecule has 3 aromatic carbocycles. The number of nitrogens with zero attached hydrogens (tertiary/aromatic N) is 1. The number of carbonyl (C=O) groups excluding carboxylic acids is 1. The van der Waals surface area contributed by atoms with Crippen LogP contribution in [0.2, 0.25) is 0 Å². The molecular weight excluding hydrogens is 420 g/mol. The molecule has 1 aliphatic heterocycles. The van der Waals surface area contributed by atoms with Gasteiger partial charge in [-0.1, -0.05) is 30.3 Å². The largest absolute Gasteiger partial charge is 0.497 e. The number of rotatable bonds is 5. The maximum Gasteiger partial charge on any atom is 0.243 e. The molecule has 30 heavy (non-hydrogen) atoms. The normalized spacial score (nSPS) is 19.7. The van der Waals surface area contributed by atoms with Gasteiger partial charge in [0.05, 0.1) is 12.0 Å². The van der Waals surface area contributed by atoms with E-state index in [1.807, 2.05) is 24.3 Å². The van der Waals surface area contributed by atoms with Crippen molar-refractivity contribution in [2.45, 2.75) is 22.6 Å². The van der Waals surface area contributed by atoms with Crippen LogP contribution < -0.4 is 10.1 Å². The Hall–Kier alpha value is -2.55. The fourth-order valence-electron chi connectivity index (χ4n) is 3.65. The summed E-state index contributed by atoms with van der Waals surface area (Å²) in [5.41, 5.74) is 0.575. The van der Waals surface area contributed by atoms with Crippen LogP contribution in [0, 0.1) is 0 Å². The second kappa shape index (κ2) is 8.29. The summed E-state index contributed by atoms with van der Waals surface area (Å²) in [5.74, 6) is 0.297. The highest BCUT2D eigenvalue weighted by Crippen LogP contribution is 2.31. The lowest BCUT2D eigenvalue weighted by atomic mass is 10.1. The van der Waals surface area contributed by atoms with Crippen molar-refractivity contribution in [3.8, 4) is 5.75 Å². The zero-order valence-electron chi connectivity index (χ0n) is 16.4. The van der Waals surface area contributed by atoms with Crippen LogP contribution in [-0.2, 0) is 14.8 Å². The van der Waals surface area contributed by atoms with Crippen LogP contribution in [0.1, 0.15) is 6.42 Å². The summed E-state index contributed by atoms with van der Waals surface area (Å²) in [6.07, 6.45) is 0.345. The number of methoxy groups -OCH3 is 1. The molecule has 0 bridgehead atoms. The molecule has 0 aromatic heterocycles. The van der Waals surface area contributed by atoms with Gasteiger partial charge in [0.15, 0.2) is 0 Å². The predicted octanol–water partition coefficient (Wildman–Crippen LogP) is 3.55. The number of hydrogen-bond acceptors (Lipinski definition) is 5. The zero-order valence-corrected chi connectivity index (χ0v) is 18.1. The summed E-state index contributed by atoms with van der Waals surface area (Å²) in [4.78, 5) is 13.1. The summed E-state index contributed by atoms with van der Waals surface area (Å²) in [6, 6.07) is 18.6. The van der Waals surface area contributed by atoms with Crippen LogP contribution in [-0.4, -0.2) is 43.6 Å². The van der Waals surface area contributed by atoms with Gasteiger partial charge in [-0.05, 0) is 53.6 Å². The topological polar surface area (TPSA) is 75.7 Å². The van der Waals surface area contributed by atoms with Gasteiger partial charge in [-0.3, -0.25) is 4.79 Å². The molecule has 1 amide bonds. The van der Waals surface area contributed by atoms with Crippen LogP contribution in [0.4, 0.5) is 5.69 Å². The van der Waals surface area contributed by atoms with E-state index in [-0.39, 0.29) is 22.6 Å². The van der Waals surface area contributed by atoms with Crippen LogP contribution in [0.15, 0.2) is 71.6 Å². The Labute approximate surface area is 181 Å². The predicted molar refractivity (Wildman–Crippen MR) is 121 cm³/mol. The monoisotopic (exact) mass is 442 g/mol. The number of benzene rings is 3. The van der Waals surface area contributed by atoms with Crippen molar-refractivity contribution in [1.82, 2.24) is 4.31 Å². The molecule has 0 aliphatic carbocycles. The Kier molecular flexibility index (Phi) is 5.73. The smallest absolute Gasteiger partial charge is 0.243 e. The second-order valence-corrected chi connectivity index (χ2v) is 9.83. The van der Waals surface area contributed by atoms with E-state index < -0.39 is 16.1 Å². The standard InChI is InChI=1S/C22H22N2O4S2/c1-28-18-9-7-17(8-10-18)23-22(25)21-13-19(29)14-24(21)30(26,27)20-11-6-15-4-2-3-5-16(15)12-20/h2-12,19,21,29H,13-14H2,1H3,(H,23,25)/t19-,21-/m0/s1. The minimum atomic E-state index is -3.86. The number of ether oxygens (including phenoxy) is 1. The lowest BCUT2D eigenvalue weighted by Gasteiger charge is -2.23. The highest BCUT2D eigenvalue weighted by molar-refractivity contribution is 7.89. The Morgan fingerprint density at radius 1 is 1.07 bits per heavy atom. The van der Waals surface area contributed by atoms with Crippen molar-refractivity contribution in [3.05, 3.63) is 66.7 Å². The van der Waals surface area contributed by atoms with Crippen molar-refractivity contribution < 1.29 is 17.9 Å². The van der Waals surface area contributed by atoms with E-state index in [4.69, 9.17) is 4.74 Å². The number of thiol groups is 1. The number of amides is 1. The molecule has 6 nitrogen and oxygen atoms in total. The average molecular weight is 443 g/mol. The number of sulfonamides is 1. The van der Waals surface area contributed by atoms with E-state index in [0.717, 1.165) is 10.8 Å². The van der Waals surface area contributed by atoms with Gasteiger partial charge in [-0.2, -0.15) is 16.9 Å². The molecule has 1 heterocycles. The first-order chi connectivity index (χ1) is 14.4. The highest BCUT2D eigenvalue weighted by atomic mass is 32.2. The van der Waals surface area contributed by atoms with Crippen LogP contribution in [0.3, 0.4) is 0 Å². The highest BCUT2D eigenvalue weighted by Gasteiger charge is 2.43. The molecule has 0 spiro atoms. The van der Waals surface area contributed by atoms with Gasteiger partial charge >= 0.3 is 0 Å². The van der Waals surface area contributed by atoms with Gasteiger partial charge in [0.25, 0.3) is 0 Å². The van der Waals surface area contributed by atoms with Crippen molar-refractivity contribution >= 4 is 45.0 Å². The zero-order chi connectivity index (χ0) is 21.3. The van der Waals surface area contributed by atoms with Gasteiger partial charge in [0.2, 0.25) is 15.9 Å². The van der Waals surface area contributed by atoms with Crippen molar-refractivity contribution in [3.63, 3.8) is 0 Å². The van der Waals surface area contributed by atoms with Crippen LogP contribution in [0.25, 0.3) is 10.8 Å². The summed E-state index contributed by atoms with van der Waals surface area (Å²) < 4.78 is 33.1. The molecule has 0 saturated carbocycles. The van der Waals surface area contributed by atoms with E-state index >= 15 is 0 Å². The SMILES string of the molecule is COc1ccc(NC(=O)[C@@H]2C[C@H](S)CN2S(=O)(=O)c2ccc3ccccc3c2)cc1. The molecule has 4 rings (SSSR count). The summed E-state index contributed by atoms with van der Waals surface area (Å²) in [6.45, 7) is 0.180. The molecule has 1 N–H and O–H groups in total. The third kappa shape index (κ3) is 4.03. The summed E-state index contributed by atoms with van der Waals surface area (Å²) >= 11 is 4.46. The molecule has 1 fully saturated rings.